The standard InChI is InChI=1S/C20H23NO.C10H11NO4/c1-2-13-11-15-8-7-14(13)12-18(15)20(22)17-9-10-21-19-6-4-3-5-16(17)19;1-10(8(12)13,11-9(14)15)7-5-3-2-4-6-7/h2-6,9-10,13-15,18,20,22H,1,7-8,11-12H2;2-6,11H,1H3,(H,12,13)(H,14,15). The summed E-state index contributed by atoms with van der Waals surface area (Å²) in [6, 6.07) is 18.3. The first-order valence-electron chi connectivity index (χ1n) is 12.7. The van der Waals surface area contributed by atoms with Gasteiger partial charge < -0.3 is 20.6 Å². The number of carbonyl (C=O) groups is 2. The first-order chi connectivity index (χ1) is 17.7. The normalized spacial score (nSPS) is 24.7. The molecule has 7 nitrogen and oxygen atoms in total. The number of nitrogens with one attached hydrogen (secondary N) is 1. The summed E-state index contributed by atoms with van der Waals surface area (Å²) in [7, 11) is 0. The summed E-state index contributed by atoms with van der Waals surface area (Å²) >= 11 is 0. The molecule has 3 aliphatic carbocycles. The maximum atomic E-state index is 11.1. The number of benzene rings is 2. The fraction of sp³-hybridized carbons (Fsp3) is 0.367. The fourth-order valence-corrected chi connectivity index (χ4v) is 6.04. The van der Waals surface area contributed by atoms with Gasteiger partial charge in [-0.15, -0.1) is 6.58 Å². The fourth-order valence-electron chi connectivity index (χ4n) is 6.04. The second kappa shape index (κ2) is 11.1. The van der Waals surface area contributed by atoms with Gasteiger partial charge in [-0.1, -0.05) is 54.6 Å². The Balaban J connectivity index is 0.000000188. The highest BCUT2D eigenvalue weighted by Crippen LogP contribution is 2.52. The van der Waals surface area contributed by atoms with Gasteiger partial charge in [0.1, 0.15) is 0 Å². The van der Waals surface area contributed by atoms with Gasteiger partial charge in [-0.3, -0.25) is 4.98 Å². The highest BCUT2D eigenvalue weighted by Gasteiger charge is 2.43. The van der Waals surface area contributed by atoms with Crippen molar-refractivity contribution in [2.75, 3.05) is 0 Å². The first kappa shape index (κ1) is 26.4. The first-order valence-corrected chi connectivity index (χ1v) is 12.7. The van der Waals surface area contributed by atoms with E-state index >= 15 is 0 Å². The zero-order valence-electron chi connectivity index (χ0n) is 21.0. The third-order valence-electron chi connectivity index (χ3n) is 8.11. The minimum Gasteiger partial charge on any atom is -0.479 e. The second-order valence-electron chi connectivity index (χ2n) is 10.2. The molecule has 0 radical (unpaired) electrons. The number of nitrogens with zero attached hydrogens (tertiary/aromatic N) is 1. The Labute approximate surface area is 216 Å². The monoisotopic (exact) mass is 502 g/mol. The highest BCUT2D eigenvalue weighted by molar-refractivity contribution is 5.85. The summed E-state index contributed by atoms with van der Waals surface area (Å²) in [4.78, 5) is 26.0. The Morgan fingerprint density at radius 3 is 2.32 bits per heavy atom. The summed E-state index contributed by atoms with van der Waals surface area (Å²) in [5, 5.41) is 31.8. The van der Waals surface area contributed by atoms with Crippen LogP contribution in [0.2, 0.25) is 0 Å². The molecule has 2 bridgehead atoms. The topological polar surface area (TPSA) is 120 Å². The van der Waals surface area contributed by atoms with Gasteiger partial charge in [0.25, 0.3) is 0 Å². The molecule has 1 heterocycles. The number of aromatic nitrogens is 1. The van der Waals surface area contributed by atoms with Crippen molar-refractivity contribution in [2.24, 2.45) is 23.7 Å². The predicted octanol–water partition coefficient (Wildman–Crippen LogP) is 5.76. The van der Waals surface area contributed by atoms with Crippen molar-refractivity contribution in [1.29, 1.82) is 0 Å². The molecule has 6 unspecified atom stereocenters. The molecule has 4 N–H and O–H groups in total. The number of aliphatic carboxylic acids is 1. The quantitative estimate of drug-likeness (QED) is 0.318. The van der Waals surface area contributed by atoms with Gasteiger partial charge in [0.05, 0.1) is 11.6 Å². The molecular formula is C30H34N2O5. The number of fused-ring (bicyclic) bond motifs is 4. The average Bonchev–Trinajstić information content (AvgIpc) is 2.92. The summed E-state index contributed by atoms with van der Waals surface area (Å²) in [6.07, 6.45) is 7.14. The number of rotatable bonds is 6. The largest absolute Gasteiger partial charge is 0.479 e. The van der Waals surface area contributed by atoms with E-state index in [1.54, 1.807) is 30.3 Å². The van der Waals surface area contributed by atoms with Crippen molar-refractivity contribution < 1.29 is 24.9 Å². The van der Waals surface area contributed by atoms with Crippen LogP contribution in [-0.4, -0.2) is 32.4 Å². The predicted molar refractivity (Wildman–Crippen MR) is 142 cm³/mol. The summed E-state index contributed by atoms with van der Waals surface area (Å²) in [6.45, 7) is 5.31. The van der Waals surface area contributed by atoms with E-state index in [1.165, 1.54) is 26.2 Å². The molecule has 3 saturated carbocycles. The van der Waals surface area contributed by atoms with Crippen LogP contribution >= 0.6 is 0 Å². The SMILES string of the molecule is C=CC1CC2CCC1CC2C(O)c1ccnc2ccccc12.CC(NC(=O)O)(C(=O)O)c1ccccc1. The summed E-state index contributed by atoms with van der Waals surface area (Å²) in [5.74, 6) is 1.17. The van der Waals surface area contributed by atoms with Crippen LogP contribution in [0.3, 0.4) is 0 Å². The van der Waals surface area contributed by atoms with E-state index in [0.29, 0.717) is 23.3 Å². The lowest BCUT2D eigenvalue weighted by molar-refractivity contribution is -0.144. The van der Waals surface area contributed by atoms with Crippen molar-refractivity contribution in [2.45, 2.75) is 44.2 Å². The van der Waals surface area contributed by atoms with Crippen molar-refractivity contribution in [3.8, 4) is 0 Å². The smallest absolute Gasteiger partial charge is 0.405 e. The number of amides is 1. The number of aliphatic hydroxyl groups excluding tert-OH is 1. The van der Waals surface area contributed by atoms with Crippen LogP contribution in [0.25, 0.3) is 10.9 Å². The van der Waals surface area contributed by atoms with E-state index in [1.807, 2.05) is 35.8 Å². The van der Waals surface area contributed by atoms with Gasteiger partial charge in [0.2, 0.25) is 0 Å². The maximum Gasteiger partial charge on any atom is 0.405 e. The number of para-hydroxylation sites is 1. The molecule has 1 amide bonds. The summed E-state index contributed by atoms with van der Waals surface area (Å²) in [5.41, 5.74) is 0.801. The molecule has 0 saturated heterocycles. The van der Waals surface area contributed by atoms with Crippen LogP contribution in [-0.2, 0) is 10.3 Å². The minimum absolute atomic E-state index is 0.369. The van der Waals surface area contributed by atoms with Gasteiger partial charge >= 0.3 is 12.1 Å². The van der Waals surface area contributed by atoms with Crippen LogP contribution in [0.5, 0.6) is 0 Å². The zero-order valence-corrected chi connectivity index (χ0v) is 21.0. The molecule has 6 atom stereocenters. The number of allylic oxidation sites excluding steroid dienone is 1. The van der Waals surface area contributed by atoms with E-state index in [-0.39, 0.29) is 6.10 Å². The van der Waals surface area contributed by atoms with Gasteiger partial charge in [-0.2, -0.15) is 0 Å². The molecule has 3 fully saturated rings. The third kappa shape index (κ3) is 5.52. The molecule has 7 heteroatoms. The number of hydrogen-bond donors (Lipinski definition) is 4. The number of carboxylic acid groups (broad SMARTS) is 2. The Hall–Kier alpha value is -3.71. The van der Waals surface area contributed by atoms with Crippen LogP contribution in [0, 0.1) is 23.7 Å². The minimum atomic E-state index is -1.62. The van der Waals surface area contributed by atoms with Crippen molar-refractivity contribution >= 4 is 23.0 Å². The lowest BCUT2D eigenvalue weighted by Gasteiger charge is -2.48. The molecular weight excluding hydrogens is 468 g/mol. The molecule has 3 aliphatic rings. The summed E-state index contributed by atoms with van der Waals surface area (Å²) < 4.78 is 0. The highest BCUT2D eigenvalue weighted by atomic mass is 16.4. The molecule has 0 aliphatic heterocycles. The van der Waals surface area contributed by atoms with Crippen molar-refractivity contribution in [3.63, 3.8) is 0 Å². The van der Waals surface area contributed by atoms with Crippen LogP contribution < -0.4 is 5.32 Å². The Bertz CT molecular complexity index is 1260. The number of pyridine rings is 1. The molecule has 0 spiro atoms. The van der Waals surface area contributed by atoms with Gasteiger partial charge in [-0.05, 0) is 79.5 Å². The lowest BCUT2D eigenvalue weighted by atomic mass is 9.58. The average molecular weight is 503 g/mol. The molecule has 3 aromatic rings. The van der Waals surface area contributed by atoms with E-state index in [9.17, 15) is 14.7 Å². The number of hydrogen-bond acceptors (Lipinski definition) is 4. The van der Waals surface area contributed by atoms with Crippen LogP contribution in [0.4, 0.5) is 4.79 Å². The Morgan fingerprint density at radius 1 is 1.03 bits per heavy atom. The molecule has 1 aromatic heterocycles. The molecule has 37 heavy (non-hydrogen) atoms. The second-order valence-corrected chi connectivity index (χ2v) is 10.2. The van der Waals surface area contributed by atoms with Crippen LogP contribution in [0.1, 0.15) is 49.8 Å². The van der Waals surface area contributed by atoms with Gasteiger partial charge in [0.15, 0.2) is 5.54 Å². The van der Waals surface area contributed by atoms with E-state index in [4.69, 9.17) is 10.2 Å². The van der Waals surface area contributed by atoms with Crippen LogP contribution in [0.15, 0.2) is 79.5 Å². The van der Waals surface area contributed by atoms with E-state index in [0.717, 1.165) is 28.8 Å². The van der Waals surface area contributed by atoms with Gasteiger partial charge in [0, 0.05) is 11.6 Å². The van der Waals surface area contributed by atoms with E-state index in [2.05, 4.69) is 23.7 Å². The third-order valence-corrected chi connectivity index (χ3v) is 8.11. The zero-order chi connectivity index (χ0) is 26.6. The molecule has 2 aromatic carbocycles. The lowest BCUT2D eigenvalue weighted by Crippen LogP contribution is -2.49. The van der Waals surface area contributed by atoms with Crippen molar-refractivity contribution in [1.82, 2.24) is 10.3 Å². The molecule has 6 rings (SSSR count). The van der Waals surface area contributed by atoms with Gasteiger partial charge in [-0.25, -0.2) is 9.59 Å². The Kier molecular flexibility index (Phi) is 7.93. The number of aliphatic hydroxyl groups is 1. The number of carboxylic acids is 1. The Morgan fingerprint density at radius 2 is 1.70 bits per heavy atom. The maximum absolute atomic E-state index is 11.1. The molecule has 194 valence electrons. The van der Waals surface area contributed by atoms with E-state index < -0.39 is 17.6 Å². The van der Waals surface area contributed by atoms with Crippen molar-refractivity contribution in [3.05, 3.63) is 90.6 Å².